The Kier molecular flexibility index (Phi) is 4.08. The minimum atomic E-state index is -0.317. The quantitative estimate of drug-likeness (QED) is 0.699. The van der Waals surface area contributed by atoms with Crippen molar-refractivity contribution < 1.29 is 4.74 Å². The molecule has 0 N–H and O–H groups in total. The zero-order valence-electron chi connectivity index (χ0n) is 11.2. The first-order chi connectivity index (χ1) is 9.78. The van der Waals surface area contributed by atoms with E-state index >= 15 is 0 Å². The summed E-state index contributed by atoms with van der Waals surface area (Å²) in [7, 11) is 0. The number of hydrogen-bond donors (Lipinski definition) is 0. The van der Waals surface area contributed by atoms with Gasteiger partial charge in [0.2, 0.25) is 4.27 Å². The van der Waals surface area contributed by atoms with Gasteiger partial charge in [0.05, 0.1) is 6.26 Å². The topological polar surface area (TPSA) is 9.23 Å². The molecule has 0 aromatic heterocycles. The third-order valence-electron chi connectivity index (χ3n) is 3.16. The molecule has 1 aliphatic heterocycles. The van der Waals surface area contributed by atoms with Crippen LogP contribution < -0.4 is 0 Å². The van der Waals surface area contributed by atoms with Crippen LogP contribution in [0, 0.1) is 5.92 Å². The van der Waals surface area contributed by atoms with Gasteiger partial charge in [-0.3, -0.25) is 0 Å². The average molecular weight is 300 g/mol. The molecule has 1 aliphatic rings. The molecule has 0 fully saturated rings. The van der Waals surface area contributed by atoms with Crippen LogP contribution in [-0.4, -0.2) is 4.27 Å². The molecule has 0 saturated carbocycles. The Bertz CT molecular complexity index is 539. The Morgan fingerprint density at radius 3 is 1.75 bits per heavy atom. The molecule has 0 spiro atoms. The third kappa shape index (κ3) is 2.89. The van der Waals surface area contributed by atoms with E-state index in [0.717, 1.165) is 0 Å². The maximum Gasteiger partial charge on any atom is 0.215 e. The van der Waals surface area contributed by atoms with Gasteiger partial charge >= 0.3 is 0 Å². The molecular formula is C17H16OS2. The van der Waals surface area contributed by atoms with Crippen molar-refractivity contribution in [2.45, 2.75) is 21.0 Å². The van der Waals surface area contributed by atoms with Crippen LogP contribution in [0.4, 0.5) is 0 Å². The Morgan fingerprint density at radius 2 is 1.35 bits per heavy atom. The lowest BCUT2D eigenvalue weighted by Crippen LogP contribution is -2.25. The summed E-state index contributed by atoms with van der Waals surface area (Å²) < 4.78 is 5.69. The summed E-state index contributed by atoms with van der Waals surface area (Å²) in [5.41, 5.74) is 0. The molecule has 3 heteroatoms. The van der Waals surface area contributed by atoms with Gasteiger partial charge < -0.3 is 4.74 Å². The highest BCUT2D eigenvalue weighted by molar-refractivity contribution is 8.18. The van der Waals surface area contributed by atoms with Crippen molar-refractivity contribution in [2.24, 2.45) is 5.92 Å². The van der Waals surface area contributed by atoms with E-state index in [-0.39, 0.29) is 4.27 Å². The molecule has 1 atom stereocenters. The highest BCUT2D eigenvalue weighted by atomic mass is 32.2. The van der Waals surface area contributed by atoms with Crippen molar-refractivity contribution in [3.63, 3.8) is 0 Å². The molecule has 0 bridgehead atoms. The number of thioether (sulfide) groups is 2. The van der Waals surface area contributed by atoms with Crippen LogP contribution in [0.1, 0.15) is 6.92 Å². The Labute approximate surface area is 128 Å². The zero-order chi connectivity index (χ0) is 13.8. The molecule has 0 aliphatic carbocycles. The first-order valence-electron chi connectivity index (χ1n) is 6.61. The van der Waals surface area contributed by atoms with Crippen LogP contribution in [0.5, 0.6) is 0 Å². The van der Waals surface area contributed by atoms with E-state index in [0.29, 0.717) is 5.92 Å². The van der Waals surface area contributed by atoms with Crippen molar-refractivity contribution in [3.05, 3.63) is 73.0 Å². The van der Waals surface area contributed by atoms with Gasteiger partial charge in [0.25, 0.3) is 0 Å². The summed E-state index contributed by atoms with van der Waals surface area (Å²) in [6.45, 7) is 2.20. The molecule has 3 rings (SSSR count). The Morgan fingerprint density at radius 1 is 0.850 bits per heavy atom. The second kappa shape index (κ2) is 5.98. The van der Waals surface area contributed by atoms with Crippen molar-refractivity contribution in [1.82, 2.24) is 0 Å². The van der Waals surface area contributed by atoms with Crippen molar-refractivity contribution >= 4 is 23.5 Å². The maximum absolute atomic E-state index is 6.01. The fourth-order valence-corrected chi connectivity index (χ4v) is 4.76. The number of hydrogen-bond acceptors (Lipinski definition) is 3. The van der Waals surface area contributed by atoms with E-state index < -0.39 is 0 Å². The van der Waals surface area contributed by atoms with Gasteiger partial charge in [-0.1, -0.05) is 66.8 Å². The second-order valence-corrected chi connectivity index (χ2v) is 7.49. The molecular weight excluding hydrogens is 284 g/mol. The van der Waals surface area contributed by atoms with Gasteiger partial charge in [-0.25, -0.2) is 0 Å². The predicted octanol–water partition coefficient (Wildman–Crippen LogP) is 5.40. The number of rotatable bonds is 4. The van der Waals surface area contributed by atoms with Crippen molar-refractivity contribution in [3.8, 4) is 0 Å². The zero-order valence-corrected chi connectivity index (χ0v) is 12.9. The van der Waals surface area contributed by atoms with Crippen LogP contribution in [0.2, 0.25) is 0 Å². The molecule has 1 heterocycles. The summed E-state index contributed by atoms with van der Waals surface area (Å²) in [6, 6.07) is 20.9. The van der Waals surface area contributed by atoms with Crippen LogP contribution in [-0.2, 0) is 4.74 Å². The normalized spacial score (nSPS) is 19.8. The summed E-state index contributed by atoms with van der Waals surface area (Å²) in [4.78, 5) is 2.46. The molecule has 2 aromatic carbocycles. The van der Waals surface area contributed by atoms with Gasteiger partial charge in [0.1, 0.15) is 0 Å². The van der Waals surface area contributed by atoms with Crippen LogP contribution >= 0.6 is 23.5 Å². The molecule has 0 saturated heterocycles. The first-order valence-corrected chi connectivity index (χ1v) is 8.24. The third-order valence-corrected chi connectivity index (χ3v) is 6.18. The summed E-state index contributed by atoms with van der Waals surface area (Å²) in [6.07, 6.45) is 3.96. The Hall–Kier alpha value is -1.32. The lowest BCUT2D eigenvalue weighted by Gasteiger charge is -2.31. The van der Waals surface area contributed by atoms with E-state index in [2.05, 4.69) is 61.5 Å². The monoisotopic (exact) mass is 300 g/mol. The lowest BCUT2D eigenvalue weighted by molar-refractivity contribution is 0.191. The van der Waals surface area contributed by atoms with Crippen LogP contribution in [0.3, 0.4) is 0 Å². The van der Waals surface area contributed by atoms with E-state index in [9.17, 15) is 0 Å². The van der Waals surface area contributed by atoms with Crippen LogP contribution in [0.15, 0.2) is 82.8 Å². The highest BCUT2D eigenvalue weighted by Crippen LogP contribution is 2.53. The van der Waals surface area contributed by atoms with E-state index in [1.54, 1.807) is 23.5 Å². The lowest BCUT2D eigenvalue weighted by atomic mass is 10.2. The van der Waals surface area contributed by atoms with Gasteiger partial charge in [-0.2, -0.15) is 0 Å². The molecule has 20 heavy (non-hydrogen) atoms. The smallest absolute Gasteiger partial charge is 0.215 e. The van der Waals surface area contributed by atoms with Gasteiger partial charge in [0, 0.05) is 15.7 Å². The summed E-state index contributed by atoms with van der Waals surface area (Å²) in [5.74, 6) is 0.345. The summed E-state index contributed by atoms with van der Waals surface area (Å²) in [5, 5.41) is 0. The van der Waals surface area contributed by atoms with Gasteiger partial charge in [-0.05, 0) is 30.3 Å². The molecule has 102 valence electrons. The van der Waals surface area contributed by atoms with Crippen molar-refractivity contribution in [2.75, 3.05) is 0 Å². The van der Waals surface area contributed by atoms with E-state index in [1.807, 2.05) is 18.4 Å². The van der Waals surface area contributed by atoms with Crippen LogP contribution in [0.25, 0.3) is 0 Å². The van der Waals surface area contributed by atoms with Gasteiger partial charge in [-0.15, -0.1) is 0 Å². The average Bonchev–Trinajstić information content (AvgIpc) is 2.82. The largest absolute Gasteiger partial charge is 0.474 e. The fraction of sp³-hybridized carbons (Fsp3) is 0.176. The second-order valence-electron chi connectivity index (χ2n) is 4.67. The minimum absolute atomic E-state index is 0.317. The maximum atomic E-state index is 6.01. The molecule has 2 aromatic rings. The highest BCUT2D eigenvalue weighted by Gasteiger charge is 2.42. The van der Waals surface area contributed by atoms with E-state index in [1.165, 1.54) is 9.79 Å². The van der Waals surface area contributed by atoms with Gasteiger partial charge in [0.15, 0.2) is 0 Å². The Balaban J connectivity index is 1.86. The number of benzene rings is 2. The minimum Gasteiger partial charge on any atom is -0.474 e. The predicted molar refractivity (Wildman–Crippen MR) is 86.7 cm³/mol. The fourth-order valence-electron chi connectivity index (χ4n) is 2.04. The summed E-state index contributed by atoms with van der Waals surface area (Å²) >= 11 is 3.56. The SMILES string of the molecule is CC1C=COC1(Sc1ccccc1)Sc1ccccc1. The number of ether oxygens (including phenoxy) is 1. The first kappa shape index (κ1) is 13.7. The van der Waals surface area contributed by atoms with E-state index in [4.69, 9.17) is 4.74 Å². The molecule has 0 amide bonds. The molecule has 0 radical (unpaired) electrons. The van der Waals surface area contributed by atoms with Crippen molar-refractivity contribution in [1.29, 1.82) is 0 Å². The molecule has 1 unspecified atom stereocenters. The molecule has 1 nitrogen and oxygen atoms in total. The standard InChI is InChI=1S/C17H16OS2/c1-14-12-13-18-17(14,19-15-8-4-2-5-9-15)20-16-10-6-3-7-11-16/h2-14H,1H3.